The highest BCUT2D eigenvalue weighted by Gasteiger charge is 2.16. The van der Waals surface area contributed by atoms with Crippen molar-refractivity contribution in [1.29, 1.82) is 0 Å². The summed E-state index contributed by atoms with van der Waals surface area (Å²) in [6.07, 6.45) is 7.18. The molecule has 1 N–H and O–H groups in total. The van der Waals surface area contributed by atoms with Crippen molar-refractivity contribution < 1.29 is 23.8 Å². The van der Waals surface area contributed by atoms with E-state index in [4.69, 9.17) is 42.2 Å². The van der Waals surface area contributed by atoms with Gasteiger partial charge in [0.1, 0.15) is 5.75 Å². The Kier molecular flexibility index (Phi) is 9.95. The number of hydrogen-bond acceptors (Lipinski definition) is 5. The topological polar surface area (TPSA) is 86.0 Å². The molecule has 0 spiro atoms. The second-order valence-corrected chi connectivity index (χ2v) is 7.60. The number of rotatable bonds is 12. The molecule has 0 amide bonds. The Morgan fingerprint density at radius 1 is 1.16 bits per heavy atom. The van der Waals surface area contributed by atoms with Crippen molar-refractivity contribution in [3.8, 4) is 11.5 Å². The number of carboxylic acid groups (broad SMARTS) is 1. The molecule has 168 valence electrons. The minimum atomic E-state index is -1.31. The Bertz CT molecular complexity index is 981. The maximum Gasteiger partial charge on any atom is 0.371 e. The van der Waals surface area contributed by atoms with Crippen molar-refractivity contribution in [3.05, 3.63) is 61.6 Å². The predicted molar refractivity (Wildman–Crippen MR) is 122 cm³/mol. The molecule has 0 radical (unpaired) electrons. The Balaban J connectivity index is 1.84. The minimum Gasteiger partial charge on any atom is -0.493 e. The molecule has 1 heterocycles. The van der Waals surface area contributed by atoms with Gasteiger partial charge in [-0.3, -0.25) is 4.79 Å². The van der Waals surface area contributed by atoms with Gasteiger partial charge in [0, 0.05) is 11.6 Å². The van der Waals surface area contributed by atoms with Crippen molar-refractivity contribution in [2.75, 3.05) is 13.2 Å². The van der Waals surface area contributed by atoms with Crippen LogP contribution in [0.5, 0.6) is 11.5 Å². The third-order valence-corrected chi connectivity index (χ3v) is 5.25. The molecule has 2 aromatic rings. The largest absolute Gasteiger partial charge is 0.493 e. The normalized spacial score (nSPS) is 11.1. The van der Waals surface area contributed by atoms with E-state index in [9.17, 15) is 9.59 Å². The summed E-state index contributed by atoms with van der Waals surface area (Å²) in [5, 5.41) is 10.1. The average Bonchev–Trinajstić information content (AvgIpc) is 2.73. The monoisotopic (exact) mass is 468 g/mol. The molecule has 8 heteroatoms. The first kappa shape index (κ1) is 24.8. The lowest BCUT2D eigenvalue weighted by atomic mass is 10.1. The second kappa shape index (κ2) is 12.4. The number of unbranched alkanes of at least 4 members (excludes halogenated alkanes) is 2. The van der Waals surface area contributed by atoms with E-state index in [0.29, 0.717) is 29.7 Å². The first-order valence-corrected chi connectivity index (χ1v) is 10.9. The molecule has 1 aromatic heterocycles. The van der Waals surface area contributed by atoms with Crippen LogP contribution in [0.1, 0.15) is 61.4 Å². The van der Waals surface area contributed by atoms with Crippen LogP contribution < -0.4 is 14.9 Å². The zero-order chi connectivity index (χ0) is 22.8. The quantitative estimate of drug-likeness (QED) is 0.370. The van der Waals surface area contributed by atoms with Gasteiger partial charge in [-0.1, -0.05) is 42.6 Å². The fourth-order valence-corrected chi connectivity index (χ4v) is 3.37. The summed E-state index contributed by atoms with van der Waals surface area (Å²) in [6, 6.07) is 4.49. The van der Waals surface area contributed by atoms with Gasteiger partial charge in [0.15, 0.2) is 5.76 Å². The van der Waals surface area contributed by atoms with Crippen LogP contribution in [0.4, 0.5) is 0 Å². The van der Waals surface area contributed by atoms with E-state index in [0.717, 1.165) is 43.1 Å². The highest BCUT2D eigenvalue weighted by Crippen LogP contribution is 2.34. The standard InChI is InChI=1S/C23H26Cl2O6/c1-3-8-15-18(11-10-16(24)21(15)25)29-12-6-5-7-13-30-22-17(26)14-20(23(27)28)31-19(22)9-4-2/h4,9-11,14H,3,5-8,12-13H2,1-2H3,(H,27,28)/b9-4+. The van der Waals surface area contributed by atoms with Crippen molar-refractivity contribution in [3.63, 3.8) is 0 Å². The molecular weight excluding hydrogens is 443 g/mol. The van der Waals surface area contributed by atoms with Crippen LogP contribution in [0.15, 0.2) is 33.5 Å². The summed E-state index contributed by atoms with van der Waals surface area (Å²) in [5.74, 6) is -0.872. The molecule has 0 atom stereocenters. The van der Waals surface area contributed by atoms with Gasteiger partial charge in [-0.2, -0.15) is 0 Å². The lowest BCUT2D eigenvalue weighted by molar-refractivity contribution is 0.0658. The highest BCUT2D eigenvalue weighted by atomic mass is 35.5. The fourth-order valence-electron chi connectivity index (χ4n) is 2.94. The number of carboxylic acids is 1. The molecule has 0 aliphatic rings. The molecule has 6 nitrogen and oxygen atoms in total. The molecule has 0 fully saturated rings. The summed E-state index contributed by atoms with van der Waals surface area (Å²) in [5.41, 5.74) is 0.399. The zero-order valence-corrected chi connectivity index (χ0v) is 19.1. The van der Waals surface area contributed by atoms with Crippen LogP contribution in [0, 0.1) is 0 Å². The number of carbonyl (C=O) groups is 1. The number of allylic oxidation sites excluding steroid dienone is 1. The lowest BCUT2D eigenvalue weighted by Gasteiger charge is -2.13. The fraction of sp³-hybridized carbons (Fsp3) is 0.391. The third kappa shape index (κ3) is 7.04. The zero-order valence-electron chi connectivity index (χ0n) is 17.6. The van der Waals surface area contributed by atoms with E-state index < -0.39 is 17.2 Å². The van der Waals surface area contributed by atoms with Crippen LogP contribution in [-0.2, 0) is 6.42 Å². The first-order chi connectivity index (χ1) is 14.9. The van der Waals surface area contributed by atoms with Crippen molar-refractivity contribution in [2.45, 2.75) is 46.0 Å². The first-order valence-electron chi connectivity index (χ1n) is 10.2. The maximum absolute atomic E-state index is 12.2. The van der Waals surface area contributed by atoms with Gasteiger partial charge in [-0.25, -0.2) is 4.79 Å². The van der Waals surface area contributed by atoms with E-state index in [2.05, 4.69) is 6.92 Å². The molecule has 0 saturated heterocycles. The van der Waals surface area contributed by atoms with Gasteiger partial charge in [-0.15, -0.1) is 0 Å². The van der Waals surface area contributed by atoms with Gasteiger partial charge >= 0.3 is 5.97 Å². The molecule has 0 aliphatic heterocycles. The van der Waals surface area contributed by atoms with Crippen LogP contribution in [0.25, 0.3) is 6.08 Å². The molecule has 31 heavy (non-hydrogen) atoms. The lowest BCUT2D eigenvalue weighted by Crippen LogP contribution is -2.13. The van der Waals surface area contributed by atoms with Gasteiger partial charge in [-0.05, 0) is 50.8 Å². The summed E-state index contributed by atoms with van der Waals surface area (Å²) < 4.78 is 16.7. The molecule has 0 unspecified atom stereocenters. The van der Waals surface area contributed by atoms with E-state index >= 15 is 0 Å². The Morgan fingerprint density at radius 2 is 1.87 bits per heavy atom. The summed E-state index contributed by atoms with van der Waals surface area (Å²) in [6.45, 7) is 4.62. The molecule has 0 bridgehead atoms. The Morgan fingerprint density at radius 3 is 2.52 bits per heavy atom. The second-order valence-electron chi connectivity index (χ2n) is 6.82. The van der Waals surface area contributed by atoms with Crippen molar-refractivity contribution >= 4 is 35.2 Å². The number of ether oxygens (including phenoxy) is 2. The van der Waals surface area contributed by atoms with Gasteiger partial charge < -0.3 is 19.0 Å². The van der Waals surface area contributed by atoms with Crippen LogP contribution >= 0.6 is 23.2 Å². The highest BCUT2D eigenvalue weighted by molar-refractivity contribution is 6.42. The van der Waals surface area contributed by atoms with Crippen LogP contribution in [0.3, 0.4) is 0 Å². The molecule has 0 saturated carbocycles. The van der Waals surface area contributed by atoms with E-state index in [-0.39, 0.29) is 11.5 Å². The Hall–Kier alpha value is -2.44. The molecule has 0 aliphatic carbocycles. The average molecular weight is 469 g/mol. The van der Waals surface area contributed by atoms with Crippen LogP contribution in [-0.4, -0.2) is 24.3 Å². The van der Waals surface area contributed by atoms with E-state index in [1.165, 1.54) is 6.08 Å². The van der Waals surface area contributed by atoms with Gasteiger partial charge in [0.25, 0.3) is 0 Å². The van der Waals surface area contributed by atoms with Gasteiger partial charge in [0.2, 0.25) is 16.9 Å². The van der Waals surface area contributed by atoms with Crippen molar-refractivity contribution in [2.24, 2.45) is 0 Å². The van der Waals surface area contributed by atoms with Gasteiger partial charge in [0.05, 0.1) is 23.3 Å². The van der Waals surface area contributed by atoms with E-state index in [1.807, 2.05) is 6.07 Å². The molecule has 2 rings (SSSR count). The van der Waals surface area contributed by atoms with Crippen LogP contribution in [0.2, 0.25) is 10.0 Å². The predicted octanol–water partition coefficient (Wildman–Crippen LogP) is 6.26. The van der Waals surface area contributed by atoms with E-state index in [1.54, 1.807) is 19.1 Å². The number of aromatic carboxylic acids is 1. The Labute approximate surface area is 191 Å². The number of benzene rings is 1. The summed E-state index contributed by atoms with van der Waals surface area (Å²) in [4.78, 5) is 23.2. The molecular formula is C23H26Cl2O6. The minimum absolute atomic E-state index is 0.0133. The summed E-state index contributed by atoms with van der Waals surface area (Å²) in [7, 11) is 0. The van der Waals surface area contributed by atoms with Crippen molar-refractivity contribution in [1.82, 2.24) is 0 Å². The SMILES string of the molecule is C/C=C/c1oc(C(=O)O)cc(=O)c1OCCCCCOc1ccc(Cl)c(Cl)c1CCC. The molecule has 1 aromatic carbocycles. The summed E-state index contributed by atoms with van der Waals surface area (Å²) >= 11 is 12.4. The smallest absolute Gasteiger partial charge is 0.371 e. The third-order valence-electron chi connectivity index (χ3n) is 4.40. The number of halogens is 2. The number of hydrogen-bond donors (Lipinski definition) is 1. The maximum atomic E-state index is 12.2.